The third-order valence-corrected chi connectivity index (χ3v) is 6.02. The first-order valence-electron chi connectivity index (χ1n) is 6.38. The second kappa shape index (κ2) is 6.10. The average Bonchev–Trinajstić information content (AvgIpc) is 2.34. The molecule has 1 aromatic rings. The van der Waals surface area contributed by atoms with E-state index in [0.717, 1.165) is 11.3 Å². The molecule has 0 amide bonds. The number of thiocarbonyl (C=S) groups is 1. The van der Waals surface area contributed by atoms with Gasteiger partial charge in [-0.2, -0.15) is 0 Å². The standard InChI is InChI=1S/C14H22N2O2S2/c1-14(2,3)20(17,18)9-8-16(4)12-7-5-6-11(10-12)13(15)19/h5-7,10H,8-9H2,1-4H3,(H2,15,19). The Hall–Kier alpha value is -1.14. The number of benzene rings is 1. The Labute approximate surface area is 126 Å². The van der Waals surface area contributed by atoms with Crippen molar-refractivity contribution in [2.24, 2.45) is 5.73 Å². The zero-order valence-corrected chi connectivity index (χ0v) is 14.0. The van der Waals surface area contributed by atoms with Gasteiger partial charge in [-0.05, 0) is 32.9 Å². The van der Waals surface area contributed by atoms with E-state index >= 15 is 0 Å². The van der Waals surface area contributed by atoms with Gasteiger partial charge in [0.2, 0.25) is 0 Å². The number of nitrogens with two attached hydrogens (primary N) is 1. The maximum absolute atomic E-state index is 12.1. The molecule has 0 spiro atoms. The van der Waals surface area contributed by atoms with Gasteiger partial charge in [-0.3, -0.25) is 0 Å². The molecule has 0 aromatic heterocycles. The van der Waals surface area contributed by atoms with Gasteiger partial charge in [-0.25, -0.2) is 8.42 Å². The van der Waals surface area contributed by atoms with E-state index in [9.17, 15) is 8.42 Å². The van der Waals surface area contributed by atoms with Crippen LogP contribution in [0.15, 0.2) is 24.3 Å². The molecule has 4 nitrogen and oxygen atoms in total. The number of anilines is 1. The SMILES string of the molecule is CN(CCS(=O)(=O)C(C)(C)C)c1cccc(C(N)=S)c1. The number of sulfone groups is 1. The highest BCUT2D eigenvalue weighted by Gasteiger charge is 2.28. The van der Waals surface area contributed by atoms with Crippen molar-refractivity contribution in [2.45, 2.75) is 25.5 Å². The van der Waals surface area contributed by atoms with E-state index in [4.69, 9.17) is 18.0 Å². The quantitative estimate of drug-likeness (QED) is 0.842. The molecule has 1 aromatic carbocycles. The first-order valence-corrected chi connectivity index (χ1v) is 8.44. The highest BCUT2D eigenvalue weighted by molar-refractivity contribution is 7.92. The van der Waals surface area contributed by atoms with Crippen molar-refractivity contribution in [3.8, 4) is 0 Å². The molecule has 0 aliphatic heterocycles. The van der Waals surface area contributed by atoms with E-state index in [-0.39, 0.29) is 5.75 Å². The Morgan fingerprint density at radius 3 is 2.45 bits per heavy atom. The summed E-state index contributed by atoms with van der Waals surface area (Å²) in [5, 5.41) is 0. The van der Waals surface area contributed by atoms with Crippen LogP contribution in [0, 0.1) is 0 Å². The fraction of sp³-hybridized carbons (Fsp3) is 0.500. The Kier molecular flexibility index (Phi) is 5.15. The van der Waals surface area contributed by atoms with Crippen LogP contribution in [0.5, 0.6) is 0 Å². The number of nitrogens with zero attached hydrogens (tertiary/aromatic N) is 1. The van der Waals surface area contributed by atoms with Crippen molar-refractivity contribution >= 4 is 32.7 Å². The lowest BCUT2D eigenvalue weighted by Gasteiger charge is -2.24. The van der Waals surface area contributed by atoms with Crippen LogP contribution in [-0.4, -0.2) is 37.5 Å². The minimum Gasteiger partial charge on any atom is -0.389 e. The molecule has 0 saturated heterocycles. The van der Waals surface area contributed by atoms with E-state index in [0.29, 0.717) is 11.5 Å². The van der Waals surface area contributed by atoms with Crippen LogP contribution in [0.25, 0.3) is 0 Å². The summed E-state index contributed by atoms with van der Waals surface area (Å²) in [5.74, 6) is 0.115. The molecule has 0 fully saturated rings. The van der Waals surface area contributed by atoms with Gasteiger partial charge in [0.25, 0.3) is 0 Å². The Morgan fingerprint density at radius 2 is 1.95 bits per heavy atom. The van der Waals surface area contributed by atoms with E-state index < -0.39 is 14.6 Å². The summed E-state index contributed by atoms with van der Waals surface area (Å²) < 4.78 is 23.5. The summed E-state index contributed by atoms with van der Waals surface area (Å²) in [5.41, 5.74) is 7.28. The van der Waals surface area contributed by atoms with Crippen LogP contribution in [-0.2, 0) is 9.84 Å². The summed E-state index contributed by atoms with van der Waals surface area (Å²) in [6.07, 6.45) is 0. The Bertz CT molecular complexity index is 589. The number of hydrogen-bond acceptors (Lipinski definition) is 4. The molecular weight excluding hydrogens is 292 g/mol. The Morgan fingerprint density at radius 1 is 1.35 bits per heavy atom. The van der Waals surface area contributed by atoms with Crippen LogP contribution in [0.1, 0.15) is 26.3 Å². The van der Waals surface area contributed by atoms with E-state index in [1.807, 2.05) is 36.2 Å². The molecule has 6 heteroatoms. The number of hydrogen-bond donors (Lipinski definition) is 1. The average molecular weight is 314 g/mol. The van der Waals surface area contributed by atoms with Gasteiger partial charge in [-0.1, -0.05) is 24.4 Å². The maximum Gasteiger partial charge on any atom is 0.156 e. The van der Waals surface area contributed by atoms with Gasteiger partial charge in [0.05, 0.1) is 10.5 Å². The third kappa shape index (κ3) is 4.18. The monoisotopic (exact) mass is 314 g/mol. The molecule has 0 radical (unpaired) electrons. The lowest BCUT2D eigenvalue weighted by molar-refractivity contribution is 0.559. The second-order valence-corrected chi connectivity index (χ2v) is 9.07. The Balaban J connectivity index is 2.80. The molecule has 0 unspecified atom stereocenters. The molecule has 20 heavy (non-hydrogen) atoms. The van der Waals surface area contributed by atoms with Gasteiger partial charge in [0.1, 0.15) is 4.99 Å². The summed E-state index contributed by atoms with van der Waals surface area (Å²) in [6.45, 7) is 5.59. The van der Waals surface area contributed by atoms with Crippen molar-refractivity contribution in [2.75, 3.05) is 24.2 Å². The summed E-state index contributed by atoms with van der Waals surface area (Å²) in [7, 11) is -1.26. The first kappa shape index (κ1) is 16.9. The molecule has 0 aliphatic rings. The van der Waals surface area contributed by atoms with Crippen molar-refractivity contribution < 1.29 is 8.42 Å². The molecule has 0 saturated carbocycles. The topological polar surface area (TPSA) is 63.4 Å². The third-order valence-electron chi connectivity index (χ3n) is 3.20. The van der Waals surface area contributed by atoms with Crippen molar-refractivity contribution in [3.63, 3.8) is 0 Å². The van der Waals surface area contributed by atoms with Gasteiger partial charge in [0, 0.05) is 24.8 Å². The molecule has 0 bridgehead atoms. The van der Waals surface area contributed by atoms with Crippen LogP contribution >= 0.6 is 12.2 Å². The van der Waals surface area contributed by atoms with Crippen LogP contribution in [0.3, 0.4) is 0 Å². The largest absolute Gasteiger partial charge is 0.389 e. The van der Waals surface area contributed by atoms with Gasteiger partial charge >= 0.3 is 0 Å². The normalized spacial score (nSPS) is 12.2. The van der Waals surface area contributed by atoms with E-state index in [1.165, 1.54) is 0 Å². The van der Waals surface area contributed by atoms with Crippen molar-refractivity contribution in [1.29, 1.82) is 0 Å². The predicted molar refractivity (Wildman–Crippen MR) is 89.1 cm³/mol. The van der Waals surface area contributed by atoms with Gasteiger partial charge in [-0.15, -0.1) is 0 Å². The van der Waals surface area contributed by atoms with E-state index in [1.54, 1.807) is 20.8 Å². The fourth-order valence-corrected chi connectivity index (χ4v) is 2.84. The fourth-order valence-electron chi connectivity index (χ4n) is 1.59. The molecule has 0 heterocycles. The zero-order valence-electron chi connectivity index (χ0n) is 12.4. The zero-order chi connectivity index (χ0) is 15.6. The smallest absolute Gasteiger partial charge is 0.156 e. The summed E-state index contributed by atoms with van der Waals surface area (Å²) in [6, 6.07) is 7.47. The summed E-state index contributed by atoms with van der Waals surface area (Å²) >= 11 is 4.94. The minimum atomic E-state index is -3.12. The minimum absolute atomic E-state index is 0.115. The highest BCUT2D eigenvalue weighted by Crippen LogP contribution is 2.18. The van der Waals surface area contributed by atoms with Gasteiger partial charge in [0.15, 0.2) is 9.84 Å². The molecule has 0 atom stereocenters. The van der Waals surface area contributed by atoms with Crippen LogP contribution in [0.4, 0.5) is 5.69 Å². The predicted octanol–water partition coefficient (Wildman–Crippen LogP) is 1.97. The van der Waals surface area contributed by atoms with Gasteiger partial charge < -0.3 is 10.6 Å². The second-order valence-electron chi connectivity index (χ2n) is 5.77. The lowest BCUT2D eigenvalue weighted by atomic mass is 10.2. The molecule has 112 valence electrons. The summed E-state index contributed by atoms with van der Waals surface area (Å²) in [4.78, 5) is 2.23. The first-order chi connectivity index (χ1) is 9.04. The number of rotatable bonds is 5. The molecule has 1 rings (SSSR count). The van der Waals surface area contributed by atoms with Crippen molar-refractivity contribution in [3.05, 3.63) is 29.8 Å². The lowest BCUT2D eigenvalue weighted by Crippen LogP contribution is -2.35. The van der Waals surface area contributed by atoms with Crippen LogP contribution < -0.4 is 10.6 Å². The van der Waals surface area contributed by atoms with E-state index in [2.05, 4.69) is 0 Å². The van der Waals surface area contributed by atoms with Crippen LogP contribution in [0.2, 0.25) is 0 Å². The maximum atomic E-state index is 12.1. The van der Waals surface area contributed by atoms with Crippen molar-refractivity contribution in [1.82, 2.24) is 0 Å². The molecule has 2 N–H and O–H groups in total. The molecular formula is C14H22N2O2S2. The highest BCUT2D eigenvalue weighted by atomic mass is 32.2. The molecule has 0 aliphatic carbocycles.